The van der Waals surface area contributed by atoms with Crippen molar-refractivity contribution in [3.63, 3.8) is 0 Å². The molecule has 1 aromatic heterocycles. The molecule has 0 aromatic carbocycles. The number of aromatic nitrogens is 1. The first-order chi connectivity index (χ1) is 11.4. The van der Waals surface area contributed by atoms with Crippen LogP contribution in [0.2, 0.25) is 0 Å². The molecule has 1 N–H and O–H groups in total. The lowest BCUT2D eigenvalue weighted by Crippen LogP contribution is -2.52. The van der Waals surface area contributed by atoms with Gasteiger partial charge in [0.15, 0.2) is 9.84 Å². The smallest absolute Gasteiger partial charge is 0.317 e. The summed E-state index contributed by atoms with van der Waals surface area (Å²) in [5.74, 6) is 1.17. The van der Waals surface area contributed by atoms with Gasteiger partial charge in [-0.3, -0.25) is 0 Å². The van der Waals surface area contributed by atoms with Gasteiger partial charge in [0.25, 0.3) is 0 Å². The standard InChI is InChI=1S/C16H26N4O3S/c1-14(2)13-24(22,23)12-7-18-16(21)20-10-8-19(9-11-20)15-5-3-4-6-17-15/h3-6,14H,7-13H2,1-2H3,(H,18,21). The summed E-state index contributed by atoms with van der Waals surface area (Å²) in [6.07, 6.45) is 1.76. The van der Waals surface area contributed by atoms with Crippen LogP contribution in [0.5, 0.6) is 0 Å². The Morgan fingerprint density at radius 2 is 1.96 bits per heavy atom. The number of carbonyl (C=O) groups is 1. The van der Waals surface area contributed by atoms with E-state index in [1.165, 1.54) is 0 Å². The Morgan fingerprint density at radius 3 is 2.54 bits per heavy atom. The highest BCUT2D eigenvalue weighted by Gasteiger charge is 2.22. The normalized spacial score (nSPS) is 15.6. The van der Waals surface area contributed by atoms with E-state index in [4.69, 9.17) is 0 Å². The van der Waals surface area contributed by atoms with Gasteiger partial charge < -0.3 is 15.1 Å². The Balaban J connectivity index is 1.73. The molecule has 2 amide bonds. The maximum absolute atomic E-state index is 12.1. The minimum absolute atomic E-state index is 0.00911. The van der Waals surface area contributed by atoms with Crippen molar-refractivity contribution in [2.24, 2.45) is 5.92 Å². The fraction of sp³-hybridized carbons (Fsp3) is 0.625. The minimum atomic E-state index is -3.10. The molecular weight excluding hydrogens is 328 g/mol. The molecule has 0 unspecified atom stereocenters. The van der Waals surface area contributed by atoms with Crippen LogP contribution in [0.4, 0.5) is 10.6 Å². The molecule has 1 aliphatic rings. The van der Waals surface area contributed by atoms with Crippen LogP contribution in [0.25, 0.3) is 0 Å². The van der Waals surface area contributed by atoms with Crippen LogP contribution in [0, 0.1) is 5.92 Å². The van der Waals surface area contributed by atoms with Crippen LogP contribution >= 0.6 is 0 Å². The summed E-state index contributed by atoms with van der Waals surface area (Å²) in [4.78, 5) is 20.3. The zero-order valence-corrected chi connectivity index (χ0v) is 15.1. The molecule has 1 fully saturated rings. The first-order valence-corrected chi connectivity index (χ1v) is 10.1. The third kappa shape index (κ3) is 5.67. The number of nitrogens with zero attached hydrogens (tertiary/aromatic N) is 3. The van der Waals surface area contributed by atoms with E-state index < -0.39 is 9.84 Å². The fourth-order valence-corrected chi connectivity index (χ4v) is 4.29. The Hall–Kier alpha value is -1.83. The molecule has 0 radical (unpaired) electrons. The van der Waals surface area contributed by atoms with Crippen molar-refractivity contribution < 1.29 is 13.2 Å². The van der Waals surface area contributed by atoms with Crippen molar-refractivity contribution in [2.45, 2.75) is 13.8 Å². The van der Waals surface area contributed by atoms with E-state index in [1.54, 1.807) is 11.1 Å². The van der Waals surface area contributed by atoms with Gasteiger partial charge in [-0.25, -0.2) is 18.2 Å². The van der Waals surface area contributed by atoms with Gasteiger partial charge in [-0.05, 0) is 18.1 Å². The molecule has 2 heterocycles. The molecule has 1 saturated heterocycles. The van der Waals surface area contributed by atoms with Gasteiger partial charge in [0, 0.05) is 38.9 Å². The monoisotopic (exact) mass is 354 g/mol. The minimum Gasteiger partial charge on any atom is -0.353 e. The lowest BCUT2D eigenvalue weighted by molar-refractivity contribution is 0.195. The number of rotatable bonds is 6. The second-order valence-corrected chi connectivity index (χ2v) is 8.63. The fourth-order valence-electron chi connectivity index (χ4n) is 2.70. The zero-order valence-electron chi connectivity index (χ0n) is 14.3. The maximum Gasteiger partial charge on any atom is 0.317 e. The van der Waals surface area contributed by atoms with Crippen LogP contribution in [0.15, 0.2) is 24.4 Å². The number of carbonyl (C=O) groups excluding carboxylic acids is 1. The first kappa shape index (κ1) is 18.5. The van der Waals surface area contributed by atoms with Crippen molar-refractivity contribution in [1.29, 1.82) is 0 Å². The average molecular weight is 354 g/mol. The van der Waals surface area contributed by atoms with Gasteiger partial charge in [-0.15, -0.1) is 0 Å². The Bertz CT molecular complexity index is 626. The number of piperazine rings is 1. The van der Waals surface area contributed by atoms with Crippen molar-refractivity contribution in [3.05, 3.63) is 24.4 Å². The highest BCUT2D eigenvalue weighted by Crippen LogP contribution is 2.12. The lowest BCUT2D eigenvalue weighted by Gasteiger charge is -2.35. The van der Waals surface area contributed by atoms with Gasteiger partial charge in [0.2, 0.25) is 0 Å². The van der Waals surface area contributed by atoms with Gasteiger partial charge in [0.05, 0.1) is 11.5 Å². The number of hydrogen-bond donors (Lipinski definition) is 1. The van der Waals surface area contributed by atoms with Crippen LogP contribution in [0.3, 0.4) is 0 Å². The number of anilines is 1. The summed E-state index contributed by atoms with van der Waals surface area (Å²) in [5, 5.41) is 2.71. The molecule has 2 rings (SSSR count). The third-order valence-electron chi connectivity index (χ3n) is 3.82. The van der Waals surface area contributed by atoms with Gasteiger partial charge in [-0.2, -0.15) is 0 Å². The Morgan fingerprint density at radius 1 is 1.25 bits per heavy atom. The quantitative estimate of drug-likeness (QED) is 0.824. The predicted octanol–water partition coefficient (Wildman–Crippen LogP) is 0.984. The van der Waals surface area contributed by atoms with Crippen molar-refractivity contribution in [2.75, 3.05) is 49.1 Å². The number of hydrogen-bond acceptors (Lipinski definition) is 5. The average Bonchev–Trinajstić information content (AvgIpc) is 2.54. The second-order valence-electron chi connectivity index (χ2n) is 6.40. The molecule has 1 aromatic rings. The summed E-state index contributed by atoms with van der Waals surface area (Å²) in [6.45, 7) is 6.54. The van der Waals surface area contributed by atoms with Crippen molar-refractivity contribution >= 4 is 21.7 Å². The molecule has 0 aliphatic carbocycles. The molecule has 0 spiro atoms. The molecule has 0 atom stereocenters. The first-order valence-electron chi connectivity index (χ1n) is 8.26. The van der Waals surface area contributed by atoms with E-state index in [2.05, 4.69) is 15.2 Å². The largest absolute Gasteiger partial charge is 0.353 e. The highest BCUT2D eigenvalue weighted by molar-refractivity contribution is 7.91. The van der Waals surface area contributed by atoms with Crippen molar-refractivity contribution in [1.82, 2.24) is 15.2 Å². The molecule has 24 heavy (non-hydrogen) atoms. The van der Waals surface area contributed by atoms with Crippen LogP contribution in [0.1, 0.15) is 13.8 Å². The second kappa shape index (κ2) is 8.32. The molecule has 1 aliphatic heterocycles. The van der Waals surface area contributed by atoms with Crippen LogP contribution in [-0.4, -0.2) is 68.6 Å². The Kier molecular flexibility index (Phi) is 6.42. The molecular formula is C16H26N4O3S. The Labute approximate surface area is 144 Å². The number of pyridine rings is 1. The summed E-state index contributed by atoms with van der Waals surface area (Å²) in [6, 6.07) is 5.57. The number of sulfone groups is 1. The van der Waals surface area contributed by atoms with E-state index in [0.717, 1.165) is 18.9 Å². The van der Waals surface area contributed by atoms with Crippen LogP contribution in [-0.2, 0) is 9.84 Å². The molecule has 0 saturated carbocycles. The maximum atomic E-state index is 12.1. The zero-order chi connectivity index (χ0) is 17.6. The topological polar surface area (TPSA) is 82.6 Å². The van der Waals surface area contributed by atoms with Gasteiger partial charge >= 0.3 is 6.03 Å². The number of urea groups is 1. The summed E-state index contributed by atoms with van der Waals surface area (Å²) in [7, 11) is -3.10. The third-order valence-corrected chi connectivity index (χ3v) is 5.82. The summed E-state index contributed by atoms with van der Waals surface area (Å²) < 4.78 is 23.6. The van der Waals surface area contributed by atoms with Gasteiger partial charge in [0.1, 0.15) is 5.82 Å². The van der Waals surface area contributed by atoms with Gasteiger partial charge in [-0.1, -0.05) is 19.9 Å². The van der Waals surface area contributed by atoms with Crippen LogP contribution < -0.4 is 10.2 Å². The SMILES string of the molecule is CC(C)CS(=O)(=O)CCNC(=O)N1CCN(c2ccccn2)CC1. The highest BCUT2D eigenvalue weighted by atomic mass is 32.2. The molecule has 7 nitrogen and oxygen atoms in total. The number of amides is 2. The van der Waals surface area contributed by atoms with E-state index in [-0.39, 0.29) is 30.0 Å². The number of nitrogens with one attached hydrogen (secondary N) is 1. The van der Waals surface area contributed by atoms with E-state index in [9.17, 15) is 13.2 Å². The molecule has 0 bridgehead atoms. The van der Waals surface area contributed by atoms with Crippen molar-refractivity contribution in [3.8, 4) is 0 Å². The van der Waals surface area contributed by atoms with E-state index in [1.807, 2.05) is 32.0 Å². The van der Waals surface area contributed by atoms with E-state index >= 15 is 0 Å². The molecule has 134 valence electrons. The summed E-state index contributed by atoms with van der Waals surface area (Å²) >= 11 is 0. The molecule has 8 heteroatoms. The predicted molar refractivity (Wildman–Crippen MR) is 94.9 cm³/mol. The lowest BCUT2D eigenvalue weighted by atomic mass is 10.3. The van der Waals surface area contributed by atoms with E-state index in [0.29, 0.717) is 13.1 Å². The summed E-state index contributed by atoms with van der Waals surface area (Å²) in [5.41, 5.74) is 0.